The van der Waals surface area contributed by atoms with Crippen LogP contribution in [-0.2, 0) is 16.9 Å². The van der Waals surface area contributed by atoms with E-state index in [1.165, 1.54) is 13.2 Å². The second-order valence-corrected chi connectivity index (χ2v) is 8.28. The first kappa shape index (κ1) is 20.2. The van der Waals surface area contributed by atoms with Crippen molar-refractivity contribution in [2.75, 3.05) is 19.4 Å². The Morgan fingerprint density at radius 2 is 2.12 bits per heavy atom. The Labute approximate surface area is 183 Å². The zero-order valence-corrected chi connectivity index (χ0v) is 18.0. The number of rotatable bonds is 3. The summed E-state index contributed by atoms with van der Waals surface area (Å²) < 4.78 is 23.6. The van der Waals surface area contributed by atoms with Crippen molar-refractivity contribution >= 4 is 22.6 Å². The SMILES string of the molecule is CNC(=O)c1cnc(N)c2[nH]c(-c3cccc(-c4cn5c(n4)C(C)(C)OCC5)c3F)cc12. The number of nitrogens with two attached hydrogens (primary N) is 1. The predicted octanol–water partition coefficient (Wildman–Crippen LogP) is 3.44. The Hall–Kier alpha value is -3.72. The van der Waals surface area contributed by atoms with Gasteiger partial charge in [0.25, 0.3) is 5.91 Å². The maximum Gasteiger partial charge on any atom is 0.253 e. The third kappa shape index (κ3) is 3.04. The molecule has 4 aromatic rings. The third-order valence-electron chi connectivity index (χ3n) is 5.84. The minimum absolute atomic E-state index is 0.236. The Balaban J connectivity index is 1.64. The van der Waals surface area contributed by atoms with Gasteiger partial charge in [0.05, 0.1) is 23.4 Å². The van der Waals surface area contributed by atoms with Gasteiger partial charge in [-0.25, -0.2) is 14.4 Å². The van der Waals surface area contributed by atoms with Crippen molar-refractivity contribution in [2.45, 2.75) is 26.0 Å². The van der Waals surface area contributed by atoms with E-state index >= 15 is 4.39 Å². The van der Waals surface area contributed by atoms with E-state index in [0.717, 1.165) is 5.82 Å². The number of fused-ring (bicyclic) bond motifs is 2. The summed E-state index contributed by atoms with van der Waals surface area (Å²) in [7, 11) is 1.54. The first-order chi connectivity index (χ1) is 15.3. The van der Waals surface area contributed by atoms with Gasteiger partial charge in [0, 0.05) is 48.2 Å². The molecule has 0 fully saturated rings. The number of nitrogen functional groups attached to an aromatic ring is 1. The number of hydrogen-bond acceptors (Lipinski definition) is 5. The van der Waals surface area contributed by atoms with E-state index in [0.29, 0.717) is 52.1 Å². The highest BCUT2D eigenvalue weighted by Crippen LogP contribution is 2.36. The number of amides is 1. The lowest BCUT2D eigenvalue weighted by Crippen LogP contribution is -2.33. The first-order valence-electron chi connectivity index (χ1n) is 10.3. The molecule has 0 atom stereocenters. The second kappa shape index (κ2) is 7.16. The smallest absolute Gasteiger partial charge is 0.253 e. The van der Waals surface area contributed by atoms with E-state index in [2.05, 4.69) is 20.3 Å². The van der Waals surface area contributed by atoms with E-state index in [1.54, 1.807) is 24.3 Å². The zero-order valence-electron chi connectivity index (χ0n) is 18.0. The van der Waals surface area contributed by atoms with Crippen LogP contribution in [0.25, 0.3) is 33.4 Å². The summed E-state index contributed by atoms with van der Waals surface area (Å²) in [5.74, 6) is 0.291. The van der Waals surface area contributed by atoms with Crippen molar-refractivity contribution in [3.8, 4) is 22.5 Å². The minimum atomic E-state index is -0.539. The van der Waals surface area contributed by atoms with Crippen LogP contribution >= 0.6 is 0 Å². The molecular formula is C23H23FN6O2. The van der Waals surface area contributed by atoms with Gasteiger partial charge in [-0.05, 0) is 32.0 Å². The highest BCUT2D eigenvalue weighted by Gasteiger charge is 2.32. The van der Waals surface area contributed by atoms with Gasteiger partial charge in [-0.1, -0.05) is 6.07 Å². The van der Waals surface area contributed by atoms with Crippen LogP contribution in [0.3, 0.4) is 0 Å². The molecular weight excluding hydrogens is 411 g/mol. The molecule has 1 aliphatic rings. The van der Waals surface area contributed by atoms with Gasteiger partial charge in [0.15, 0.2) is 0 Å². The van der Waals surface area contributed by atoms with Gasteiger partial charge in [-0.2, -0.15) is 0 Å². The van der Waals surface area contributed by atoms with Crippen molar-refractivity contribution < 1.29 is 13.9 Å². The zero-order chi connectivity index (χ0) is 22.6. The summed E-state index contributed by atoms with van der Waals surface area (Å²) in [4.78, 5) is 24.1. The Bertz CT molecular complexity index is 1370. The van der Waals surface area contributed by atoms with E-state index in [4.69, 9.17) is 10.5 Å². The molecule has 164 valence electrons. The van der Waals surface area contributed by atoms with E-state index < -0.39 is 11.4 Å². The fraction of sp³-hybridized carbons (Fsp3) is 0.261. The number of benzene rings is 1. The topological polar surface area (TPSA) is 111 Å². The number of nitrogens with zero attached hydrogens (tertiary/aromatic N) is 3. The number of anilines is 1. The van der Waals surface area contributed by atoms with Gasteiger partial charge in [-0.3, -0.25) is 4.79 Å². The van der Waals surface area contributed by atoms with Crippen molar-refractivity contribution in [1.82, 2.24) is 24.8 Å². The number of hydrogen-bond donors (Lipinski definition) is 3. The molecule has 0 bridgehead atoms. The number of pyridine rings is 1. The van der Waals surface area contributed by atoms with Crippen LogP contribution in [0.4, 0.5) is 10.2 Å². The molecule has 0 saturated heterocycles. The lowest BCUT2D eigenvalue weighted by molar-refractivity contribution is -0.0538. The second-order valence-electron chi connectivity index (χ2n) is 8.28. The number of carbonyl (C=O) groups is 1. The number of aromatic amines is 1. The summed E-state index contributed by atoms with van der Waals surface area (Å²) in [6, 6.07) is 6.88. The summed E-state index contributed by atoms with van der Waals surface area (Å²) in [5, 5.41) is 3.16. The fourth-order valence-corrected chi connectivity index (χ4v) is 4.20. The van der Waals surface area contributed by atoms with Gasteiger partial charge < -0.3 is 25.3 Å². The fourth-order valence-electron chi connectivity index (χ4n) is 4.20. The molecule has 0 unspecified atom stereocenters. The quantitative estimate of drug-likeness (QED) is 0.457. The molecule has 9 heteroatoms. The van der Waals surface area contributed by atoms with Gasteiger partial charge >= 0.3 is 0 Å². The number of H-pyrrole nitrogens is 1. The number of carbonyl (C=O) groups excluding carboxylic acids is 1. The van der Waals surface area contributed by atoms with Gasteiger partial charge in [0.2, 0.25) is 0 Å². The monoisotopic (exact) mass is 434 g/mol. The highest BCUT2D eigenvalue weighted by molar-refractivity contribution is 6.09. The summed E-state index contributed by atoms with van der Waals surface area (Å²) in [5.41, 5.74) is 8.09. The lowest BCUT2D eigenvalue weighted by Gasteiger charge is -2.30. The standard InChI is InChI=1S/C23H23FN6O2/c1-23(2)22-29-17(11-30(22)7-8-32-23)13-6-4-5-12(18(13)24)16-9-14-15(21(31)26-3)10-27-20(25)19(14)28-16/h4-6,9-11,28H,7-8H2,1-3H3,(H2,25,27)(H,26,31). The molecule has 32 heavy (non-hydrogen) atoms. The third-order valence-corrected chi connectivity index (χ3v) is 5.84. The molecule has 4 N–H and O–H groups in total. The number of aromatic nitrogens is 4. The Morgan fingerprint density at radius 3 is 2.88 bits per heavy atom. The van der Waals surface area contributed by atoms with Crippen LogP contribution in [0, 0.1) is 5.82 Å². The van der Waals surface area contributed by atoms with Gasteiger partial charge in [0.1, 0.15) is 23.1 Å². The normalized spacial score (nSPS) is 15.0. The molecule has 3 aromatic heterocycles. The molecule has 0 aliphatic carbocycles. The Morgan fingerprint density at radius 1 is 1.34 bits per heavy atom. The molecule has 0 spiro atoms. The van der Waals surface area contributed by atoms with E-state index in [-0.39, 0.29) is 11.7 Å². The molecule has 5 rings (SSSR count). The predicted molar refractivity (Wildman–Crippen MR) is 119 cm³/mol. The van der Waals surface area contributed by atoms with E-state index in [9.17, 15) is 4.79 Å². The van der Waals surface area contributed by atoms with Crippen molar-refractivity contribution in [3.05, 3.63) is 53.9 Å². The van der Waals surface area contributed by atoms with E-state index in [1.807, 2.05) is 24.6 Å². The number of imidazole rings is 1. The summed E-state index contributed by atoms with van der Waals surface area (Å²) in [6.07, 6.45) is 3.28. The average molecular weight is 434 g/mol. The average Bonchev–Trinajstić information content (AvgIpc) is 3.40. The minimum Gasteiger partial charge on any atom is -0.382 e. The number of halogens is 1. The van der Waals surface area contributed by atoms with Crippen LogP contribution in [0.2, 0.25) is 0 Å². The maximum atomic E-state index is 15.7. The van der Waals surface area contributed by atoms with Crippen LogP contribution in [0.1, 0.15) is 30.0 Å². The lowest BCUT2D eigenvalue weighted by atomic mass is 10.0. The van der Waals surface area contributed by atoms with Crippen molar-refractivity contribution in [3.63, 3.8) is 0 Å². The van der Waals surface area contributed by atoms with Crippen LogP contribution in [-0.4, -0.2) is 39.1 Å². The van der Waals surface area contributed by atoms with Crippen molar-refractivity contribution in [2.24, 2.45) is 0 Å². The first-order valence-corrected chi connectivity index (χ1v) is 10.3. The summed E-state index contributed by atoms with van der Waals surface area (Å²) >= 11 is 0. The largest absolute Gasteiger partial charge is 0.382 e. The van der Waals surface area contributed by atoms with Crippen LogP contribution in [0.5, 0.6) is 0 Å². The molecule has 1 aromatic carbocycles. The summed E-state index contributed by atoms with van der Waals surface area (Å²) in [6.45, 7) is 5.16. The molecule has 4 heterocycles. The Kier molecular flexibility index (Phi) is 4.52. The molecule has 1 amide bonds. The molecule has 0 saturated carbocycles. The molecule has 0 radical (unpaired) electrons. The van der Waals surface area contributed by atoms with Crippen LogP contribution in [0.15, 0.2) is 36.7 Å². The molecule has 1 aliphatic heterocycles. The molecule has 8 nitrogen and oxygen atoms in total. The maximum absolute atomic E-state index is 15.7. The van der Waals surface area contributed by atoms with Gasteiger partial charge in [-0.15, -0.1) is 0 Å². The number of ether oxygens (including phenoxy) is 1. The number of nitrogens with one attached hydrogen (secondary N) is 2. The highest BCUT2D eigenvalue weighted by atomic mass is 19.1. The van der Waals surface area contributed by atoms with Crippen molar-refractivity contribution in [1.29, 1.82) is 0 Å². The van der Waals surface area contributed by atoms with Crippen LogP contribution < -0.4 is 11.1 Å².